The van der Waals surface area contributed by atoms with E-state index in [4.69, 9.17) is 5.11 Å². The van der Waals surface area contributed by atoms with Crippen molar-refractivity contribution in [2.75, 3.05) is 6.54 Å². The van der Waals surface area contributed by atoms with Gasteiger partial charge in [-0.15, -0.1) is 11.3 Å². The monoisotopic (exact) mass is 281 g/mol. The second-order valence-corrected chi connectivity index (χ2v) is 5.12. The highest BCUT2D eigenvalue weighted by Crippen LogP contribution is 2.32. The first kappa shape index (κ1) is 13.5. The normalized spacial score (nSPS) is 10.6. The zero-order chi connectivity index (χ0) is 14.0. The van der Waals surface area contributed by atoms with E-state index in [-0.39, 0.29) is 24.7 Å². The Hall–Kier alpha value is -1.95. The third-order valence-electron chi connectivity index (χ3n) is 2.73. The number of hydrogen-bond acceptors (Lipinski definition) is 3. The van der Waals surface area contributed by atoms with Crippen molar-refractivity contribution >= 4 is 33.3 Å². The first-order chi connectivity index (χ1) is 9.00. The molecule has 2 N–H and O–H groups in total. The Morgan fingerprint density at radius 3 is 2.79 bits per heavy atom. The van der Waals surface area contributed by atoms with Crippen molar-refractivity contribution in [3.63, 3.8) is 0 Å². The minimum atomic E-state index is -0.973. The van der Waals surface area contributed by atoms with Gasteiger partial charge in [-0.1, -0.05) is 6.07 Å². The lowest BCUT2D eigenvalue weighted by atomic mass is 10.1. The number of rotatable bonds is 4. The van der Waals surface area contributed by atoms with E-state index in [2.05, 4.69) is 5.32 Å². The Morgan fingerprint density at radius 1 is 1.42 bits per heavy atom. The number of carboxylic acid groups (broad SMARTS) is 1. The summed E-state index contributed by atoms with van der Waals surface area (Å²) in [5.41, 5.74) is 0.589. The largest absolute Gasteiger partial charge is 0.481 e. The van der Waals surface area contributed by atoms with E-state index in [0.717, 1.165) is 0 Å². The summed E-state index contributed by atoms with van der Waals surface area (Å²) < 4.78 is 14.4. The summed E-state index contributed by atoms with van der Waals surface area (Å²) >= 11 is 1.21. The van der Waals surface area contributed by atoms with E-state index in [1.807, 2.05) is 0 Å². The number of carbonyl (C=O) groups is 2. The van der Waals surface area contributed by atoms with Crippen LogP contribution in [0.3, 0.4) is 0 Å². The van der Waals surface area contributed by atoms with Crippen LogP contribution in [0.15, 0.2) is 18.2 Å². The summed E-state index contributed by atoms with van der Waals surface area (Å²) in [6.45, 7) is 1.75. The summed E-state index contributed by atoms with van der Waals surface area (Å²) in [4.78, 5) is 22.7. The van der Waals surface area contributed by atoms with Crippen molar-refractivity contribution in [1.82, 2.24) is 5.32 Å². The van der Waals surface area contributed by atoms with Gasteiger partial charge in [-0.25, -0.2) is 4.39 Å². The minimum Gasteiger partial charge on any atom is -0.481 e. The molecule has 2 aromatic rings. The number of nitrogens with one attached hydrogen (secondary N) is 1. The molecule has 0 bridgehead atoms. The average molecular weight is 281 g/mol. The highest BCUT2D eigenvalue weighted by molar-refractivity contribution is 7.21. The second kappa shape index (κ2) is 5.36. The molecule has 0 fully saturated rings. The number of aliphatic carboxylic acids is 1. The van der Waals surface area contributed by atoms with Gasteiger partial charge in [0.25, 0.3) is 5.91 Å². The van der Waals surface area contributed by atoms with Crippen molar-refractivity contribution in [2.24, 2.45) is 0 Å². The third kappa shape index (κ3) is 2.73. The molecule has 0 radical (unpaired) electrons. The maximum atomic E-state index is 13.7. The number of carboxylic acids is 1. The van der Waals surface area contributed by atoms with Crippen LogP contribution >= 0.6 is 11.3 Å². The molecule has 1 aromatic carbocycles. The molecular formula is C13H12FNO3S. The van der Waals surface area contributed by atoms with Crippen molar-refractivity contribution in [2.45, 2.75) is 13.3 Å². The smallest absolute Gasteiger partial charge is 0.305 e. The Labute approximate surface area is 112 Å². The van der Waals surface area contributed by atoms with Crippen LogP contribution in [0.5, 0.6) is 0 Å². The lowest BCUT2D eigenvalue weighted by molar-refractivity contribution is -0.136. The topological polar surface area (TPSA) is 66.4 Å². The maximum absolute atomic E-state index is 13.7. The van der Waals surface area contributed by atoms with E-state index in [0.29, 0.717) is 20.5 Å². The average Bonchev–Trinajstić information content (AvgIpc) is 2.67. The van der Waals surface area contributed by atoms with Crippen molar-refractivity contribution < 1.29 is 19.1 Å². The summed E-state index contributed by atoms with van der Waals surface area (Å²) in [6, 6.07) is 4.71. The van der Waals surface area contributed by atoms with E-state index < -0.39 is 5.97 Å². The molecule has 0 atom stereocenters. The van der Waals surface area contributed by atoms with Gasteiger partial charge >= 0.3 is 5.97 Å². The zero-order valence-corrected chi connectivity index (χ0v) is 11.0. The van der Waals surface area contributed by atoms with Crippen LogP contribution in [0.25, 0.3) is 10.1 Å². The number of benzene rings is 1. The quantitative estimate of drug-likeness (QED) is 0.905. The molecular weight excluding hydrogens is 269 g/mol. The fraction of sp³-hybridized carbons (Fsp3) is 0.231. The number of aryl methyl sites for hydroxylation is 1. The van der Waals surface area contributed by atoms with Gasteiger partial charge in [0.2, 0.25) is 0 Å². The Balaban J connectivity index is 2.25. The molecule has 0 unspecified atom stereocenters. The number of fused-ring (bicyclic) bond motifs is 1. The zero-order valence-electron chi connectivity index (χ0n) is 10.2. The van der Waals surface area contributed by atoms with Crippen LogP contribution in [0.1, 0.15) is 21.7 Å². The second-order valence-electron chi connectivity index (χ2n) is 4.07. The molecule has 19 heavy (non-hydrogen) atoms. The van der Waals surface area contributed by atoms with E-state index >= 15 is 0 Å². The molecule has 1 amide bonds. The van der Waals surface area contributed by atoms with Gasteiger partial charge in [-0.3, -0.25) is 9.59 Å². The van der Waals surface area contributed by atoms with Crippen molar-refractivity contribution in [1.29, 1.82) is 0 Å². The predicted molar refractivity (Wildman–Crippen MR) is 71.1 cm³/mol. The summed E-state index contributed by atoms with van der Waals surface area (Å²) in [5.74, 6) is -1.69. The van der Waals surface area contributed by atoms with Crippen LogP contribution in [-0.4, -0.2) is 23.5 Å². The standard InChI is InChI=1S/C13H12FNO3S/c1-7-11-8(14)3-2-4-9(11)19-12(7)13(18)15-6-5-10(16)17/h2-4H,5-6H2,1H3,(H,15,18)(H,16,17). The number of hydrogen-bond donors (Lipinski definition) is 2. The minimum absolute atomic E-state index is 0.0599. The number of halogens is 1. The van der Waals surface area contributed by atoms with Gasteiger partial charge in [0.05, 0.1) is 11.3 Å². The number of amides is 1. The van der Waals surface area contributed by atoms with Crippen LogP contribution in [0.4, 0.5) is 4.39 Å². The molecule has 0 saturated heterocycles. The molecule has 2 rings (SSSR count). The van der Waals surface area contributed by atoms with E-state index in [1.165, 1.54) is 17.4 Å². The van der Waals surface area contributed by atoms with Gasteiger partial charge < -0.3 is 10.4 Å². The van der Waals surface area contributed by atoms with Crippen LogP contribution in [0.2, 0.25) is 0 Å². The van der Waals surface area contributed by atoms with Crippen LogP contribution in [-0.2, 0) is 4.79 Å². The van der Waals surface area contributed by atoms with Gasteiger partial charge in [0.1, 0.15) is 5.82 Å². The van der Waals surface area contributed by atoms with Crippen molar-refractivity contribution in [3.05, 3.63) is 34.5 Å². The van der Waals surface area contributed by atoms with Gasteiger partial charge in [-0.2, -0.15) is 0 Å². The molecule has 4 nitrogen and oxygen atoms in total. The fourth-order valence-electron chi connectivity index (χ4n) is 1.83. The molecule has 0 spiro atoms. The first-order valence-electron chi connectivity index (χ1n) is 5.68. The first-order valence-corrected chi connectivity index (χ1v) is 6.50. The van der Waals surface area contributed by atoms with Crippen LogP contribution < -0.4 is 5.32 Å². The summed E-state index contributed by atoms with van der Waals surface area (Å²) in [5, 5.41) is 11.5. The Bertz CT molecular complexity index is 651. The fourth-order valence-corrected chi connectivity index (χ4v) is 2.97. The maximum Gasteiger partial charge on any atom is 0.305 e. The van der Waals surface area contributed by atoms with Gasteiger partial charge in [0.15, 0.2) is 0 Å². The molecule has 0 aliphatic heterocycles. The summed E-state index contributed by atoms with van der Waals surface area (Å²) in [7, 11) is 0. The van der Waals surface area contributed by atoms with E-state index in [9.17, 15) is 14.0 Å². The lowest BCUT2D eigenvalue weighted by Crippen LogP contribution is -2.25. The molecule has 0 aliphatic rings. The molecule has 100 valence electrons. The van der Waals surface area contributed by atoms with E-state index in [1.54, 1.807) is 19.1 Å². The predicted octanol–water partition coefficient (Wildman–Crippen LogP) is 2.55. The Kier molecular flexibility index (Phi) is 3.80. The number of thiophene rings is 1. The Morgan fingerprint density at radius 2 is 2.16 bits per heavy atom. The molecule has 1 aromatic heterocycles. The molecule has 1 heterocycles. The third-order valence-corrected chi connectivity index (χ3v) is 3.99. The molecule has 0 aliphatic carbocycles. The highest BCUT2D eigenvalue weighted by atomic mass is 32.1. The molecule has 0 saturated carbocycles. The lowest BCUT2D eigenvalue weighted by Gasteiger charge is -2.02. The van der Waals surface area contributed by atoms with Crippen molar-refractivity contribution in [3.8, 4) is 0 Å². The highest BCUT2D eigenvalue weighted by Gasteiger charge is 2.17. The van der Waals surface area contributed by atoms with Gasteiger partial charge in [0, 0.05) is 16.6 Å². The van der Waals surface area contributed by atoms with Gasteiger partial charge in [-0.05, 0) is 24.6 Å². The summed E-state index contributed by atoms with van der Waals surface area (Å²) in [6.07, 6.45) is -0.135. The molecule has 6 heteroatoms. The SMILES string of the molecule is Cc1c(C(=O)NCCC(=O)O)sc2cccc(F)c12. The van der Waals surface area contributed by atoms with Crippen LogP contribution in [0, 0.1) is 12.7 Å². The number of carbonyl (C=O) groups excluding carboxylic acids is 1.